The lowest BCUT2D eigenvalue weighted by Gasteiger charge is -2.35. The lowest BCUT2D eigenvalue weighted by molar-refractivity contribution is -0.121. The largest absolute Gasteiger partial charge is 0.378 e. The molecule has 11 heteroatoms. The molecule has 42 heavy (non-hydrogen) atoms. The minimum atomic E-state index is -0.0814. The number of hydrogen-bond acceptors (Lipinski definition) is 8. The van der Waals surface area contributed by atoms with Crippen molar-refractivity contribution in [2.45, 2.75) is 122 Å². The predicted octanol–water partition coefficient (Wildman–Crippen LogP) is 3.35. The van der Waals surface area contributed by atoms with Gasteiger partial charge in [0.2, 0.25) is 5.91 Å². The number of carbonyl (C=O) groups is 2. The SMILES string of the molecule is CC(C)C1CN(CCOCCOCCOCCNC(=O)CCCCC[C@H]2NC(=O)N[C@H]2C)NN1C1CCCCCCC1. The fourth-order valence-corrected chi connectivity index (χ4v) is 6.19. The molecule has 244 valence electrons. The lowest BCUT2D eigenvalue weighted by Crippen LogP contribution is -2.50. The van der Waals surface area contributed by atoms with Crippen molar-refractivity contribution < 1.29 is 23.8 Å². The van der Waals surface area contributed by atoms with E-state index in [0.29, 0.717) is 70.6 Å². The van der Waals surface area contributed by atoms with E-state index in [9.17, 15) is 9.59 Å². The van der Waals surface area contributed by atoms with E-state index in [1.165, 1.54) is 44.9 Å². The quantitative estimate of drug-likeness (QED) is 0.158. The second-order valence-corrected chi connectivity index (χ2v) is 12.6. The lowest BCUT2D eigenvalue weighted by atomic mass is 9.94. The standard InChI is InChI=1S/C31H60N6O5/c1-25(2)29-24-36(35-37(29)27-12-8-5-4-6-9-13-27)17-19-41-21-23-42-22-20-40-18-16-32-30(38)15-11-7-10-14-28-26(3)33-31(39)34-28/h25-29,35H,4-24H2,1-3H3,(H,32,38)(H2,33,34,39)/t26-,28+,29?/m0/s1. The minimum absolute atomic E-state index is 0.0626. The summed E-state index contributed by atoms with van der Waals surface area (Å²) in [5, 5.41) is 13.6. The molecule has 3 aliphatic rings. The Morgan fingerprint density at radius 2 is 1.57 bits per heavy atom. The maximum Gasteiger partial charge on any atom is 0.315 e. The number of nitrogens with one attached hydrogen (secondary N) is 4. The van der Waals surface area contributed by atoms with E-state index in [4.69, 9.17) is 14.2 Å². The molecule has 0 radical (unpaired) electrons. The third kappa shape index (κ3) is 13.4. The van der Waals surface area contributed by atoms with Crippen LogP contribution in [0.3, 0.4) is 0 Å². The Labute approximate surface area is 254 Å². The first-order chi connectivity index (χ1) is 20.4. The highest BCUT2D eigenvalue weighted by molar-refractivity contribution is 5.77. The Morgan fingerprint density at radius 1 is 0.905 bits per heavy atom. The van der Waals surface area contributed by atoms with Crippen LogP contribution in [-0.2, 0) is 19.0 Å². The van der Waals surface area contributed by atoms with Gasteiger partial charge in [0, 0.05) is 44.2 Å². The molecule has 11 nitrogen and oxygen atoms in total. The average molecular weight is 597 g/mol. The van der Waals surface area contributed by atoms with Crippen LogP contribution in [0.2, 0.25) is 0 Å². The van der Waals surface area contributed by atoms with Gasteiger partial charge >= 0.3 is 6.03 Å². The van der Waals surface area contributed by atoms with Crippen LogP contribution < -0.4 is 21.5 Å². The van der Waals surface area contributed by atoms with Gasteiger partial charge in [0.25, 0.3) is 0 Å². The van der Waals surface area contributed by atoms with E-state index < -0.39 is 0 Å². The summed E-state index contributed by atoms with van der Waals surface area (Å²) in [5.41, 5.74) is 3.71. The number of ether oxygens (including phenoxy) is 3. The van der Waals surface area contributed by atoms with Crippen molar-refractivity contribution in [3.63, 3.8) is 0 Å². The third-order valence-corrected chi connectivity index (χ3v) is 8.78. The number of unbranched alkanes of at least 4 members (excludes halogenated alkanes) is 2. The smallest absolute Gasteiger partial charge is 0.315 e. The molecule has 4 N–H and O–H groups in total. The summed E-state index contributed by atoms with van der Waals surface area (Å²) in [5.74, 6) is 0.685. The second kappa shape index (κ2) is 20.5. The number of rotatable bonds is 20. The molecule has 2 aliphatic heterocycles. The van der Waals surface area contributed by atoms with Crippen LogP contribution in [-0.4, -0.2) is 105 Å². The van der Waals surface area contributed by atoms with Crippen molar-refractivity contribution in [2.24, 2.45) is 5.92 Å². The van der Waals surface area contributed by atoms with Crippen molar-refractivity contribution in [3.8, 4) is 0 Å². The molecule has 3 amide bonds. The fourth-order valence-electron chi connectivity index (χ4n) is 6.19. The molecule has 3 fully saturated rings. The van der Waals surface area contributed by atoms with E-state index in [1.807, 2.05) is 6.92 Å². The molecule has 0 spiro atoms. The maximum absolute atomic E-state index is 12.0. The predicted molar refractivity (Wildman–Crippen MR) is 165 cm³/mol. The van der Waals surface area contributed by atoms with Gasteiger partial charge in [0.05, 0.1) is 45.7 Å². The molecule has 0 bridgehead atoms. The van der Waals surface area contributed by atoms with Crippen molar-refractivity contribution >= 4 is 11.9 Å². The average Bonchev–Trinajstić information content (AvgIpc) is 3.51. The third-order valence-electron chi connectivity index (χ3n) is 8.78. The van der Waals surface area contributed by atoms with Crippen molar-refractivity contribution in [2.75, 3.05) is 59.3 Å². The molecule has 0 aromatic carbocycles. The van der Waals surface area contributed by atoms with Crippen LogP contribution in [0.5, 0.6) is 0 Å². The Balaban J connectivity index is 1.09. The number of carbonyl (C=O) groups excluding carboxylic acids is 2. The van der Waals surface area contributed by atoms with E-state index in [0.717, 1.165) is 38.8 Å². The molecule has 0 aromatic rings. The Hall–Kier alpha value is -1.50. The molecule has 0 aromatic heterocycles. The molecule has 3 atom stereocenters. The van der Waals surface area contributed by atoms with Gasteiger partial charge in [-0.2, -0.15) is 5.53 Å². The molecule has 2 heterocycles. The highest BCUT2D eigenvalue weighted by Gasteiger charge is 2.36. The Bertz CT molecular complexity index is 751. The van der Waals surface area contributed by atoms with Crippen molar-refractivity contribution in [3.05, 3.63) is 0 Å². The summed E-state index contributed by atoms with van der Waals surface area (Å²) in [4.78, 5) is 23.3. The van der Waals surface area contributed by atoms with Crippen LogP contribution in [0.15, 0.2) is 0 Å². The summed E-state index contributed by atoms with van der Waals surface area (Å²) in [7, 11) is 0. The van der Waals surface area contributed by atoms with Gasteiger partial charge < -0.3 is 30.2 Å². The van der Waals surface area contributed by atoms with Crippen LogP contribution in [0, 0.1) is 5.92 Å². The van der Waals surface area contributed by atoms with Gasteiger partial charge in [-0.25, -0.2) is 14.8 Å². The van der Waals surface area contributed by atoms with Gasteiger partial charge in [-0.05, 0) is 38.5 Å². The highest BCUT2D eigenvalue weighted by atomic mass is 16.5. The van der Waals surface area contributed by atoms with E-state index in [2.05, 4.69) is 45.4 Å². The molecule has 1 aliphatic carbocycles. The van der Waals surface area contributed by atoms with Crippen molar-refractivity contribution in [1.82, 2.24) is 31.5 Å². The van der Waals surface area contributed by atoms with Crippen LogP contribution in [0.1, 0.15) is 97.8 Å². The first kappa shape index (κ1) is 35.0. The van der Waals surface area contributed by atoms with Crippen LogP contribution >= 0.6 is 0 Å². The van der Waals surface area contributed by atoms with Crippen LogP contribution in [0.4, 0.5) is 4.79 Å². The molecule has 1 unspecified atom stereocenters. The first-order valence-electron chi connectivity index (χ1n) is 16.8. The van der Waals surface area contributed by atoms with Gasteiger partial charge in [-0.3, -0.25) is 4.79 Å². The van der Waals surface area contributed by atoms with Gasteiger partial charge in [0.15, 0.2) is 0 Å². The molecular formula is C31H60N6O5. The summed E-state index contributed by atoms with van der Waals surface area (Å²) in [6, 6.07) is 1.49. The van der Waals surface area contributed by atoms with E-state index >= 15 is 0 Å². The first-order valence-corrected chi connectivity index (χ1v) is 16.8. The molecule has 3 rings (SSSR count). The van der Waals surface area contributed by atoms with Gasteiger partial charge in [-0.1, -0.05) is 58.8 Å². The normalized spacial score (nSPS) is 24.5. The zero-order valence-corrected chi connectivity index (χ0v) is 26.7. The fraction of sp³-hybridized carbons (Fsp3) is 0.935. The summed E-state index contributed by atoms with van der Waals surface area (Å²) < 4.78 is 17.0. The van der Waals surface area contributed by atoms with Gasteiger partial charge in [0.1, 0.15) is 0 Å². The van der Waals surface area contributed by atoms with Gasteiger partial charge in [-0.15, -0.1) is 0 Å². The van der Waals surface area contributed by atoms with Crippen molar-refractivity contribution in [1.29, 1.82) is 0 Å². The van der Waals surface area contributed by atoms with E-state index in [1.54, 1.807) is 0 Å². The second-order valence-electron chi connectivity index (χ2n) is 12.6. The van der Waals surface area contributed by atoms with Crippen LogP contribution in [0.25, 0.3) is 0 Å². The minimum Gasteiger partial charge on any atom is -0.378 e. The summed E-state index contributed by atoms with van der Waals surface area (Å²) in [6.45, 7) is 12.4. The monoisotopic (exact) mass is 596 g/mol. The number of hydrogen-bond donors (Lipinski definition) is 4. The summed E-state index contributed by atoms with van der Waals surface area (Å²) in [6.07, 6.45) is 13.8. The number of urea groups is 1. The molecule has 1 saturated carbocycles. The molecular weight excluding hydrogens is 536 g/mol. The number of amides is 3. The number of nitrogens with zero attached hydrogens (tertiary/aromatic N) is 2. The van der Waals surface area contributed by atoms with E-state index in [-0.39, 0.29) is 24.0 Å². The number of hydrazine groups is 2. The summed E-state index contributed by atoms with van der Waals surface area (Å²) >= 11 is 0. The zero-order valence-electron chi connectivity index (χ0n) is 26.7. The highest BCUT2D eigenvalue weighted by Crippen LogP contribution is 2.27. The zero-order chi connectivity index (χ0) is 30.0. The molecule has 2 saturated heterocycles. The Kier molecular flexibility index (Phi) is 17.0. The maximum atomic E-state index is 12.0. The topological polar surface area (TPSA) is 116 Å². The Morgan fingerprint density at radius 3 is 2.24 bits per heavy atom.